The molecule has 92 valence electrons. The van der Waals surface area contributed by atoms with Gasteiger partial charge in [-0.3, -0.25) is 4.79 Å². The van der Waals surface area contributed by atoms with Gasteiger partial charge in [0, 0.05) is 24.6 Å². The quantitative estimate of drug-likeness (QED) is 0.824. The summed E-state index contributed by atoms with van der Waals surface area (Å²) in [6, 6.07) is 3.63. The summed E-state index contributed by atoms with van der Waals surface area (Å²) in [4.78, 5) is 16.1. The molecule has 0 bridgehead atoms. The van der Waals surface area contributed by atoms with Gasteiger partial charge in [-0.25, -0.2) is 4.98 Å². The van der Waals surface area contributed by atoms with Crippen LogP contribution in [0, 0.1) is 5.92 Å². The molecule has 1 fully saturated rings. The number of anilines is 1. The number of ketones is 1. The van der Waals surface area contributed by atoms with Crippen LogP contribution in [0.1, 0.15) is 31.2 Å². The molecule has 4 heteroatoms. The maximum atomic E-state index is 12.1. The van der Waals surface area contributed by atoms with Gasteiger partial charge in [-0.1, -0.05) is 12.8 Å². The molecule has 0 radical (unpaired) electrons. The largest absolute Gasteiger partial charge is 0.384 e. The molecule has 0 spiro atoms. The van der Waals surface area contributed by atoms with Gasteiger partial charge in [0.05, 0.1) is 0 Å². The lowest BCUT2D eigenvalue weighted by atomic mass is 9.81. The Morgan fingerprint density at radius 3 is 2.88 bits per heavy atom. The van der Waals surface area contributed by atoms with Crippen LogP contribution in [-0.4, -0.2) is 16.8 Å². The van der Waals surface area contributed by atoms with Crippen LogP contribution in [0.15, 0.2) is 18.3 Å². The summed E-state index contributed by atoms with van der Waals surface area (Å²) < 4.78 is 0. The number of aromatic nitrogens is 1. The second kappa shape index (κ2) is 5.27. The second-order valence-electron chi connectivity index (χ2n) is 4.79. The van der Waals surface area contributed by atoms with Gasteiger partial charge in [0.15, 0.2) is 0 Å². The summed E-state index contributed by atoms with van der Waals surface area (Å²) in [5.41, 5.74) is 12.5. The van der Waals surface area contributed by atoms with Crippen molar-refractivity contribution in [3.63, 3.8) is 0 Å². The van der Waals surface area contributed by atoms with Gasteiger partial charge in [-0.15, -0.1) is 0 Å². The predicted molar refractivity (Wildman–Crippen MR) is 67.3 cm³/mol. The highest BCUT2D eigenvalue weighted by molar-refractivity contribution is 5.84. The molecule has 2 rings (SSSR count). The first-order valence-corrected chi connectivity index (χ1v) is 6.15. The lowest BCUT2D eigenvalue weighted by Gasteiger charge is -2.27. The Labute approximate surface area is 101 Å². The Morgan fingerprint density at radius 2 is 2.18 bits per heavy atom. The van der Waals surface area contributed by atoms with Crippen LogP contribution in [0.25, 0.3) is 0 Å². The molecule has 0 amide bonds. The molecule has 1 saturated carbocycles. The van der Waals surface area contributed by atoms with Gasteiger partial charge in [-0.2, -0.15) is 0 Å². The van der Waals surface area contributed by atoms with Crippen LogP contribution in [0.3, 0.4) is 0 Å². The van der Waals surface area contributed by atoms with Crippen molar-refractivity contribution in [1.29, 1.82) is 0 Å². The van der Waals surface area contributed by atoms with Crippen molar-refractivity contribution in [3.05, 3.63) is 23.9 Å². The van der Waals surface area contributed by atoms with Crippen LogP contribution in [-0.2, 0) is 11.2 Å². The first-order valence-electron chi connectivity index (χ1n) is 6.15. The average molecular weight is 233 g/mol. The standard InChI is InChI=1S/C13H19N3O/c14-11-4-2-1-3-10(11)12(17)7-9-5-6-16-13(15)8-9/h5-6,8,10-11H,1-4,7,14H2,(H2,15,16). The zero-order valence-electron chi connectivity index (χ0n) is 9.93. The van der Waals surface area contributed by atoms with Gasteiger partial charge in [0.25, 0.3) is 0 Å². The number of rotatable bonds is 3. The first-order chi connectivity index (χ1) is 8.16. The molecule has 1 heterocycles. The highest BCUT2D eigenvalue weighted by Gasteiger charge is 2.27. The van der Waals surface area contributed by atoms with Crippen molar-refractivity contribution in [3.8, 4) is 0 Å². The molecule has 1 aromatic rings. The number of pyridine rings is 1. The molecule has 1 aromatic heterocycles. The van der Waals surface area contributed by atoms with E-state index in [0.717, 1.165) is 31.2 Å². The minimum absolute atomic E-state index is 0.0261. The Kier molecular flexibility index (Phi) is 3.74. The average Bonchev–Trinajstić information content (AvgIpc) is 2.29. The number of nitrogens with zero attached hydrogens (tertiary/aromatic N) is 1. The molecule has 1 aliphatic carbocycles. The van der Waals surface area contributed by atoms with E-state index in [4.69, 9.17) is 11.5 Å². The molecular formula is C13H19N3O. The zero-order chi connectivity index (χ0) is 12.3. The lowest BCUT2D eigenvalue weighted by molar-refractivity contribution is -0.123. The molecule has 2 unspecified atom stereocenters. The topological polar surface area (TPSA) is 82.0 Å². The number of hydrogen-bond donors (Lipinski definition) is 2. The fourth-order valence-electron chi connectivity index (χ4n) is 2.50. The Hall–Kier alpha value is -1.42. The predicted octanol–water partition coefficient (Wildman–Crippen LogP) is 1.29. The fraction of sp³-hybridized carbons (Fsp3) is 0.538. The maximum absolute atomic E-state index is 12.1. The second-order valence-corrected chi connectivity index (χ2v) is 4.79. The van der Waals surface area contributed by atoms with Crippen molar-refractivity contribution in [1.82, 2.24) is 4.98 Å². The molecule has 0 aliphatic heterocycles. The van der Waals surface area contributed by atoms with Crippen molar-refractivity contribution >= 4 is 11.6 Å². The molecule has 1 aliphatic rings. The highest BCUT2D eigenvalue weighted by atomic mass is 16.1. The Bertz CT molecular complexity index is 405. The molecule has 0 aromatic carbocycles. The van der Waals surface area contributed by atoms with Crippen LogP contribution < -0.4 is 11.5 Å². The van der Waals surface area contributed by atoms with Crippen molar-refractivity contribution in [2.24, 2.45) is 11.7 Å². The molecular weight excluding hydrogens is 214 g/mol. The third-order valence-corrected chi connectivity index (χ3v) is 3.46. The minimum Gasteiger partial charge on any atom is -0.384 e. The molecule has 0 saturated heterocycles. The van der Waals surface area contributed by atoms with Gasteiger partial charge < -0.3 is 11.5 Å². The molecule has 2 atom stereocenters. The van der Waals surface area contributed by atoms with Crippen LogP contribution >= 0.6 is 0 Å². The molecule has 4 N–H and O–H groups in total. The third-order valence-electron chi connectivity index (χ3n) is 3.46. The van der Waals surface area contributed by atoms with Crippen molar-refractivity contribution in [2.75, 3.05) is 5.73 Å². The summed E-state index contributed by atoms with van der Waals surface area (Å²) in [6.07, 6.45) is 6.22. The van der Waals surface area contributed by atoms with E-state index in [-0.39, 0.29) is 17.7 Å². The van der Waals surface area contributed by atoms with Crippen LogP contribution in [0.2, 0.25) is 0 Å². The number of carbonyl (C=O) groups excluding carboxylic acids is 1. The van der Waals surface area contributed by atoms with Gasteiger partial charge >= 0.3 is 0 Å². The van der Waals surface area contributed by atoms with E-state index in [9.17, 15) is 4.79 Å². The van der Waals surface area contributed by atoms with Crippen LogP contribution in [0.5, 0.6) is 0 Å². The number of nitrogen functional groups attached to an aromatic ring is 1. The third kappa shape index (κ3) is 3.03. The summed E-state index contributed by atoms with van der Waals surface area (Å²) >= 11 is 0. The monoisotopic (exact) mass is 233 g/mol. The number of nitrogens with two attached hydrogens (primary N) is 2. The number of hydrogen-bond acceptors (Lipinski definition) is 4. The first kappa shape index (κ1) is 12.0. The molecule has 17 heavy (non-hydrogen) atoms. The number of Topliss-reactive ketones (excluding diaryl/α,β-unsaturated/α-hetero) is 1. The SMILES string of the molecule is Nc1cc(CC(=O)C2CCCCC2N)ccn1. The summed E-state index contributed by atoms with van der Waals surface area (Å²) in [6.45, 7) is 0. The minimum atomic E-state index is 0.0261. The normalized spacial score (nSPS) is 24.5. The summed E-state index contributed by atoms with van der Waals surface area (Å²) in [5.74, 6) is 0.726. The summed E-state index contributed by atoms with van der Waals surface area (Å²) in [7, 11) is 0. The van der Waals surface area contributed by atoms with E-state index < -0.39 is 0 Å². The van der Waals surface area contributed by atoms with E-state index >= 15 is 0 Å². The smallest absolute Gasteiger partial charge is 0.141 e. The van der Waals surface area contributed by atoms with E-state index in [0.29, 0.717) is 12.2 Å². The highest BCUT2D eigenvalue weighted by Crippen LogP contribution is 2.24. The number of carbonyl (C=O) groups is 1. The zero-order valence-corrected chi connectivity index (χ0v) is 9.93. The van der Waals surface area contributed by atoms with E-state index in [2.05, 4.69) is 4.98 Å². The van der Waals surface area contributed by atoms with Crippen molar-refractivity contribution < 1.29 is 4.79 Å². The van der Waals surface area contributed by atoms with E-state index in [1.165, 1.54) is 0 Å². The molecule has 4 nitrogen and oxygen atoms in total. The van der Waals surface area contributed by atoms with Gasteiger partial charge in [-0.05, 0) is 30.5 Å². The van der Waals surface area contributed by atoms with Crippen molar-refractivity contribution in [2.45, 2.75) is 38.1 Å². The lowest BCUT2D eigenvalue weighted by Crippen LogP contribution is -2.38. The van der Waals surface area contributed by atoms with Gasteiger partial charge in [0.2, 0.25) is 0 Å². The summed E-state index contributed by atoms with van der Waals surface area (Å²) in [5, 5.41) is 0. The van der Waals surface area contributed by atoms with Crippen LogP contribution in [0.4, 0.5) is 5.82 Å². The van der Waals surface area contributed by atoms with Gasteiger partial charge in [0.1, 0.15) is 11.6 Å². The fourth-order valence-corrected chi connectivity index (χ4v) is 2.50. The Balaban J connectivity index is 2.01. The van der Waals surface area contributed by atoms with E-state index in [1.54, 1.807) is 12.3 Å². The van der Waals surface area contributed by atoms with E-state index in [1.807, 2.05) is 6.07 Å². The Morgan fingerprint density at radius 1 is 1.41 bits per heavy atom. The maximum Gasteiger partial charge on any atom is 0.141 e.